The molecular formula is C10H7N5O3. The molecule has 8 heteroatoms. The van der Waals surface area contributed by atoms with Crippen LogP contribution in [0.4, 0.5) is 5.82 Å². The standard InChI is InChI=1S/C10H7N5O3/c16-9(6-3-11-5-12-4-6)15-8-7(10(17)18)13-1-2-14-8/h1-5H,(H,17,18)(H,14,15,16). The van der Waals surface area contributed by atoms with E-state index in [4.69, 9.17) is 5.11 Å². The summed E-state index contributed by atoms with van der Waals surface area (Å²) >= 11 is 0. The summed E-state index contributed by atoms with van der Waals surface area (Å²) in [5.41, 5.74) is -0.137. The van der Waals surface area contributed by atoms with E-state index >= 15 is 0 Å². The second-order valence-corrected chi connectivity index (χ2v) is 3.14. The molecule has 0 saturated carbocycles. The number of nitrogens with one attached hydrogen (secondary N) is 1. The van der Waals surface area contributed by atoms with Crippen LogP contribution >= 0.6 is 0 Å². The van der Waals surface area contributed by atoms with Crippen molar-refractivity contribution in [2.24, 2.45) is 0 Å². The highest BCUT2D eigenvalue weighted by Gasteiger charge is 2.15. The van der Waals surface area contributed by atoms with Crippen molar-refractivity contribution in [2.45, 2.75) is 0 Å². The van der Waals surface area contributed by atoms with Crippen LogP contribution in [0.15, 0.2) is 31.1 Å². The van der Waals surface area contributed by atoms with Gasteiger partial charge in [0.15, 0.2) is 11.5 Å². The second kappa shape index (κ2) is 4.95. The van der Waals surface area contributed by atoms with Crippen molar-refractivity contribution in [3.8, 4) is 0 Å². The largest absolute Gasteiger partial charge is 0.476 e. The van der Waals surface area contributed by atoms with E-state index in [-0.39, 0.29) is 17.1 Å². The lowest BCUT2D eigenvalue weighted by atomic mass is 10.3. The summed E-state index contributed by atoms with van der Waals surface area (Å²) in [6.07, 6.45) is 6.40. The van der Waals surface area contributed by atoms with Gasteiger partial charge >= 0.3 is 5.97 Å². The van der Waals surface area contributed by atoms with Gasteiger partial charge in [-0.05, 0) is 0 Å². The molecule has 0 aliphatic heterocycles. The molecule has 18 heavy (non-hydrogen) atoms. The number of hydrogen-bond donors (Lipinski definition) is 2. The van der Waals surface area contributed by atoms with Crippen LogP contribution in [0.25, 0.3) is 0 Å². The molecule has 8 nitrogen and oxygen atoms in total. The summed E-state index contributed by atoms with van der Waals surface area (Å²) in [6.45, 7) is 0. The number of anilines is 1. The molecule has 0 aliphatic carbocycles. The first-order valence-electron chi connectivity index (χ1n) is 4.79. The lowest BCUT2D eigenvalue weighted by Crippen LogP contribution is -2.17. The summed E-state index contributed by atoms with van der Waals surface area (Å²) in [4.78, 5) is 37.3. The minimum Gasteiger partial charge on any atom is -0.476 e. The quantitative estimate of drug-likeness (QED) is 0.793. The van der Waals surface area contributed by atoms with Gasteiger partial charge in [0.2, 0.25) is 0 Å². The topological polar surface area (TPSA) is 118 Å². The third kappa shape index (κ3) is 2.43. The molecule has 0 spiro atoms. The molecule has 1 amide bonds. The summed E-state index contributed by atoms with van der Waals surface area (Å²) in [5, 5.41) is 11.2. The first-order valence-corrected chi connectivity index (χ1v) is 4.79. The van der Waals surface area contributed by atoms with E-state index in [9.17, 15) is 9.59 Å². The molecule has 0 atom stereocenters. The number of nitrogens with zero attached hydrogens (tertiary/aromatic N) is 4. The Morgan fingerprint density at radius 1 is 1.11 bits per heavy atom. The third-order valence-electron chi connectivity index (χ3n) is 1.96. The van der Waals surface area contributed by atoms with E-state index in [1.165, 1.54) is 31.1 Å². The van der Waals surface area contributed by atoms with E-state index < -0.39 is 11.9 Å². The number of hydrogen-bond acceptors (Lipinski definition) is 6. The zero-order valence-electron chi connectivity index (χ0n) is 8.94. The number of carboxylic acid groups (broad SMARTS) is 1. The minimum absolute atomic E-state index is 0.126. The average Bonchev–Trinajstić information content (AvgIpc) is 2.40. The molecule has 0 bridgehead atoms. The van der Waals surface area contributed by atoms with Crippen LogP contribution in [0.2, 0.25) is 0 Å². The smallest absolute Gasteiger partial charge is 0.358 e. The van der Waals surface area contributed by atoms with Gasteiger partial charge in [0.05, 0.1) is 5.56 Å². The molecule has 2 aromatic heterocycles. The molecule has 0 aromatic carbocycles. The van der Waals surface area contributed by atoms with E-state index in [1.807, 2.05) is 0 Å². The Hall–Kier alpha value is -2.90. The SMILES string of the molecule is O=C(Nc1nccnc1C(=O)O)c1cncnc1. The molecule has 0 saturated heterocycles. The fourth-order valence-electron chi connectivity index (χ4n) is 1.18. The van der Waals surface area contributed by atoms with E-state index in [0.717, 1.165) is 0 Å². The molecular weight excluding hydrogens is 238 g/mol. The summed E-state index contributed by atoms with van der Waals surface area (Å²) in [5.74, 6) is -1.96. The fourth-order valence-corrected chi connectivity index (χ4v) is 1.18. The predicted octanol–water partition coefficient (Wildman–Crippen LogP) is 0.217. The Labute approximate surface area is 101 Å². The highest BCUT2D eigenvalue weighted by Crippen LogP contribution is 2.09. The van der Waals surface area contributed by atoms with Crippen LogP contribution in [0.5, 0.6) is 0 Å². The van der Waals surface area contributed by atoms with Crippen molar-refractivity contribution < 1.29 is 14.7 Å². The van der Waals surface area contributed by atoms with Gasteiger partial charge in [-0.15, -0.1) is 0 Å². The maximum Gasteiger partial charge on any atom is 0.358 e. The number of carboxylic acids is 1. The fraction of sp³-hybridized carbons (Fsp3) is 0. The number of aromatic carboxylic acids is 1. The van der Waals surface area contributed by atoms with Crippen LogP contribution in [0.3, 0.4) is 0 Å². The van der Waals surface area contributed by atoms with Gasteiger partial charge in [-0.3, -0.25) is 4.79 Å². The Kier molecular flexibility index (Phi) is 3.19. The Morgan fingerprint density at radius 2 is 1.78 bits per heavy atom. The molecule has 2 N–H and O–H groups in total. The van der Waals surface area contributed by atoms with Gasteiger partial charge < -0.3 is 10.4 Å². The van der Waals surface area contributed by atoms with Crippen LogP contribution in [-0.4, -0.2) is 36.9 Å². The zero-order chi connectivity index (χ0) is 13.0. The summed E-state index contributed by atoms with van der Waals surface area (Å²) < 4.78 is 0. The van der Waals surface area contributed by atoms with Crippen LogP contribution in [-0.2, 0) is 0 Å². The molecule has 0 radical (unpaired) electrons. The average molecular weight is 245 g/mol. The van der Waals surface area contributed by atoms with E-state index in [2.05, 4.69) is 25.3 Å². The van der Waals surface area contributed by atoms with Crippen LogP contribution < -0.4 is 5.32 Å². The highest BCUT2D eigenvalue weighted by atomic mass is 16.4. The normalized spacial score (nSPS) is 9.78. The van der Waals surface area contributed by atoms with Gasteiger partial charge in [-0.2, -0.15) is 0 Å². The predicted molar refractivity (Wildman–Crippen MR) is 59.0 cm³/mol. The van der Waals surface area contributed by atoms with Crippen molar-refractivity contribution in [1.82, 2.24) is 19.9 Å². The number of aromatic nitrogens is 4. The van der Waals surface area contributed by atoms with Crippen LogP contribution in [0.1, 0.15) is 20.8 Å². The van der Waals surface area contributed by atoms with Gasteiger partial charge in [-0.25, -0.2) is 24.7 Å². The molecule has 2 aromatic rings. The third-order valence-corrected chi connectivity index (χ3v) is 1.96. The first kappa shape index (κ1) is 11.6. The number of carbonyl (C=O) groups is 2. The van der Waals surface area contributed by atoms with Crippen molar-refractivity contribution in [3.63, 3.8) is 0 Å². The maximum absolute atomic E-state index is 11.7. The molecule has 0 aliphatic rings. The summed E-state index contributed by atoms with van der Waals surface area (Å²) in [7, 11) is 0. The first-order chi connectivity index (χ1) is 8.68. The maximum atomic E-state index is 11.7. The number of carbonyl (C=O) groups excluding carboxylic acids is 1. The van der Waals surface area contributed by atoms with Gasteiger partial charge in [0, 0.05) is 24.8 Å². The summed E-state index contributed by atoms with van der Waals surface area (Å²) in [6, 6.07) is 0. The Morgan fingerprint density at radius 3 is 2.44 bits per heavy atom. The lowest BCUT2D eigenvalue weighted by Gasteiger charge is -2.05. The Bertz CT molecular complexity index is 587. The van der Waals surface area contributed by atoms with Gasteiger partial charge in [0.1, 0.15) is 6.33 Å². The van der Waals surface area contributed by atoms with Crippen molar-refractivity contribution >= 4 is 17.7 Å². The van der Waals surface area contributed by atoms with Crippen molar-refractivity contribution in [2.75, 3.05) is 5.32 Å². The van der Waals surface area contributed by atoms with E-state index in [1.54, 1.807) is 0 Å². The highest BCUT2D eigenvalue weighted by molar-refractivity contribution is 6.05. The second-order valence-electron chi connectivity index (χ2n) is 3.14. The van der Waals surface area contributed by atoms with E-state index in [0.29, 0.717) is 0 Å². The van der Waals surface area contributed by atoms with Gasteiger partial charge in [0.25, 0.3) is 5.91 Å². The molecule has 90 valence electrons. The zero-order valence-corrected chi connectivity index (χ0v) is 8.94. The van der Waals surface area contributed by atoms with Crippen molar-refractivity contribution in [3.05, 3.63) is 42.4 Å². The van der Waals surface area contributed by atoms with Gasteiger partial charge in [-0.1, -0.05) is 0 Å². The minimum atomic E-state index is -1.28. The molecule has 0 fully saturated rings. The lowest BCUT2D eigenvalue weighted by molar-refractivity contribution is 0.0691. The molecule has 2 rings (SSSR count). The Balaban J connectivity index is 2.25. The number of rotatable bonds is 3. The number of amides is 1. The van der Waals surface area contributed by atoms with Crippen LogP contribution in [0, 0.1) is 0 Å². The molecule has 0 unspecified atom stereocenters. The van der Waals surface area contributed by atoms with Crippen molar-refractivity contribution in [1.29, 1.82) is 0 Å². The monoisotopic (exact) mass is 245 g/mol. The molecule has 2 heterocycles.